The molecule has 0 bridgehead atoms. The molecule has 3 fully saturated rings. The van der Waals surface area contributed by atoms with Gasteiger partial charge in [0.05, 0.1) is 5.56 Å². The minimum atomic E-state index is 0.157. The largest absolute Gasteiger partial charge is 0.466 e. The van der Waals surface area contributed by atoms with Gasteiger partial charge in [-0.2, -0.15) is 0 Å². The number of nitrogens with zero attached hydrogens (tertiary/aromatic N) is 2. The highest BCUT2D eigenvalue weighted by molar-refractivity contribution is 5.95. The van der Waals surface area contributed by atoms with E-state index in [4.69, 9.17) is 9.15 Å². The lowest BCUT2D eigenvalue weighted by Gasteiger charge is -2.30. The molecule has 0 aromatic carbocycles. The van der Waals surface area contributed by atoms with Crippen LogP contribution in [-0.2, 0) is 4.74 Å². The van der Waals surface area contributed by atoms with Gasteiger partial charge in [-0.15, -0.1) is 0 Å². The summed E-state index contributed by atoms with van der Waals surface area (Å²) in [4.78, 5) is 17.7. The van der Waals surface area contributed by atoms with Crippen LogP contribution in [0.15, 0.2) is 10.5 Å². The molecule has 1 aromatic heterocycles. The lowest BCUT2D eigenvalue weighted by atomic mass is 9.99. The highest BCUT2D eigenvalue weighted by atomic mass is 16.5. The van der Waals surface area contributed by atoms with Crippen LogP contribution in [0.5, 0.6) is 0 Å². The Balaban J connectivity index is 1.42. The van der Waals surface area contributed by atoms with Crippen LogP contribution in [0.4, 0.5) is 0 Å². The van der Waals surface area contributed by atoms with E-state index in [0.717, 1.165) is 62.1 Å². The molecule has 132 valence electrons. The minimum Gasteiger partial charge on any atom is -0.466 e. The number of rotatable bonds is 3. The first-order valence-corrected chi connectivity index (χ1v) is 9.33. The monoisotopic (exact) mass is 332 g/mol. The fourth-order valence-electron chi connectivity index (χ4n) is 4.81. The Hall–Kier alpha value is -1.33. The van der Waals surface area contributed by atoms with Gasteiger partial charge in [0.15, 0.2) is 0 Å². The van der Waals surface area contributed by atoms with Gasteiger partial charge in [-0.05, 0) is 51.5 Å². The molecule has 0 saturated carbocycles. The number of likely N-dealkylation sites (tertiary alicyclic amines) is 2. The van der Waals surface area contributed by atoms with Gasteiger partial charge in [0.1, 0.15) is 11.5 Å². The van der Waals surface area contributed by atoms with E-state index in [2.05, 4.69) is 9.80 Å². The van der Waals surface area contributed by atoms with Crippen molar-refractivity contribution < 1.29 is 13.9 Å². The molecular formula is C19H28N2O3. The summed E-state index contributed by atoms with van der Waals surface area (Å²) in [7, 11) is 0. The van der Waals surface area contributed by atoms with Gasteiger partial charge in [-0.3, -0.25) is 9.69 Å². The molecule has 24 heavy (non-hydrogen) atoms. The maximum Gasteiger partial charge on any atom is 0.257 e. The summed E-state index contributed by atoms with van der Waals surface area (Å²) < 4.78 is 11.0. The number of carbonyl (C=O) groups excluding carboxylic acids is 1. The molecule has 0 N–H and O–H groups in total. The molecule has 0 unspecified atom stereocenters. The molecule has 1 aromatic rings. The summed E-state index contributed by atoms with van der Waals surface area (Å²) in [5, 5.41) is 0. The Morgan fingerprint density at radius 2 is 1.88 bits per heavy atom. The first kappa shape index (κ1) is 16.2. The molecule has 0 radical (unpaired) electrons. The summed E-state index contributed by atoms with van der Waals surface area (Å²) >= 11 is 0. The fraction of sp³-hybridized carbons (Fsp3) is 0.737. The van der Waals surface area contributed by atoms with Crippen LogP contribution in [0.25, 0.3) is 0 Å². The van der Waals surface area contributed by atoms with Crippen LogP contribution < -0.4 is 0 Å². The molecule has 4 rings (SSSR count). The Kier molecular flexibility index (Phi) is 4.39. The fourth-order valence-corrected chi connectivity index (χ4v) is 4.81. The zero-order chi connectivity index (χ0) is 16.7. The van der Waals surface area contributed by atoms with E-state index in [9.17, 15) is 4.79 Å². The van der Waals surface area contributed by atoms with Crippen molar-refractivity contribution in [1.82, 2.24) is 9.80 Å². The van der Waals surface area contributed by atoms with Crippen molar-refractivity contribution in [2.24, 2.45) is 5.92 Å². The van der Waals surface area contributed by atoms with Crippen LogP contribution in [-0.4, -0.2) is 60.6 Å². The SMILES string of the molecule is Cc1cc(C(=O)N2CC[C@H]3[C@H]2CCN3CC2CCOCC2)c(C)o1. The highest BCUT2D eigenvalue weighted by Gasteiger charge is 2.45. The molecular weight excluding hydrogens is 304 g/mol. The van der Waals surface area contributed by atoms with Gasteiger partial charge < -0.3 is 14.1 Å². The second kappa shape index (κ2) is 6.52. The van der Waals surface area contributed by atoms with Gasteiger partial charge >= 0.3 is 0 Å². The topological polar surface area (TPSA) is 45.9 Å². The quantitative estimate of drug-likeness (QED) is 0.853. The van der Waals surface area contributed by atoms with Crippen molar-refractivity contribution in [2.75, 3.05) is 32.8 Å². The van der Waals surface area contributed by atoms with Crippen molar-refractivity contribution in [3.05, 3.63) is 23.2 Å². The molecule has 2 atom stereocenters. The number of ether oxygens (including phenoxy) is 1. The molecule has 3 aliphatic rings. The van der Waals surface area contributed by atoms with Crippen LogP contribution in [0.3, 0.4) is 0 Å². The number of hydrogen-bond acceptors (Lipinski definition) is 4. The van der Waals surface area contributed by atoms with Crippen molar-refractivity contribution in [2.45, 2.75) is 51.6 Å². The summed E-state index contributed by atoms with van der Waals surface area (Å²) in [5.74, 6) is 2.49. The number of hydrogen-bond donors (Lipinski definition) is 0. The molecule has 5 nitrogen and oxygen atoms in total. The normalized spacial score (nSPS) is 28.5. The smallest absolute Gasteiger partial charge is 0.257 e. The highest BCUT2D eigenvalue weighted by Crippen LogP contribution is 2.34. The van der Waals surface area contributed by atoms with E-state index < -0.39 is 0 Å². The van der Waals surface area contributed by atoms with Gasteiger partial charge in [0, 0.05) is 44.9 Å². The maximum atomic E-state index is 13.0. The van der Waals surface area contributed by atoms with E-state index in [1.165, 1.54) is 19.4 Å². The number of amides is 1. The van der Waals surface area contributed by atoms with E-state index in [1.54, 1.807) is 0 Å². The van der Waals surface area contributed by atoms with Gasteiger partial charge in [-0.25, -0.2) is 0 Å². The number of aryl methyl sites for hydroxylation is 2. The first-order valence-electron chi connectivity index (χ1n) is 9.33. The average Bonchev–Trinajstić information content (AvgIpc) is 3.24. The molecule has 0 aliphatic carbocycles. The van der Waals surface area contributed by atoms with Crippen LogP contribution in [0.1, 0.15) is 47.6 Å². The molecule has 0 spiro atoms. The van der Waals surface area contributed by atoms with Crippen molar-refractivity contribution in [3.63, 3.8) is 0 Å². The Labute approximate surface area is 143 Å². The third-order valence-electron chi connectivity index (χ3n) is 6.06. The van der Waals surface area contributed by atoms with Gasteiger partial charge in [0.2, 0.25) is 0 Å². The molecule has 4 heterocycles. The summed E-state index contributed by atoms with van der Waals surface area (Å²) in [6.45, 7) is 8.80. The predicted octanol–water partition coefficient (Wildman–Crippen LogP) is 2.61. The van der Waals surface area contributed by atoms with Crippen LogP contribution in [0, 0.1) is 19.8 Å². The van der Waals surface area contributed by atoms with E-state index >= 15 is 0 Å². The zero-order valence-electron chi connectivity index (χ0n) is 14.8. The Bertz CT molecular complexity index is 606. The lowest BCUT2D eigenvalue weighted by molar-refractivity contribution is 0.0502. The minimum absolute atomic E-state index is 0.157. The van der Waals surface area contributed by atoms with Crippen LogP contribution >= 0.6 is 0 Å². The second-order valence-electron chi connectivity index (χ2n) is 7.59. The van der Waals surface area contributed by atoms with E-state index in [1.807, 2.05) is 19.9 Å². The van der Waals surface area contributed by atoms with Crippen LogP contribution in [0.2, 0.25) is 0 Å². The number of furan rings is 1. The Morgan fingerprint density at radius 3 is 2.58 bits per heavy atom. The van der Waals surface area contributed by atoms with Crippen molar-refractivity contribution in [3.8, 4) is 0 Å². The second-order valence-corrected chi connectivity index (χ2v) is 7.59. The van der Waals surface area contributed by atoms with E-state index in [-0.39, 0.29) is 5.91 Å². The van der Waals surface area contributed by atoms with Gasteiger partial charge in [-0.1, -0.05) is 0 Å². The zero-order valence-corrected chi connectivity index (χ0v) is 14.8. The molecule has 3 aliphatic heterocycles. The number of fused-ring (bicyclic) bond motifs is 1. The first-order chi connectivity index (χ1) is 11.6. The average molecular weight is 332 g/mol. The molecule has 1 amide bonds. The summed E-state index contributed by atoms with van der Waals surface area (Å²) in [6.07, 6.45) is 4.58. The van der Waals surface area contributed by atoms with Crippen molar-refractivity contribution in [1.29, 1.82) is 0 Å². The third kappa shape index (κ3) is 2.88. The van der Waals surface area contributed by atoms with E-state index in [0.29, 0.717) is 12.1 Å². The standard InChI is InChI=1S/C19H28N2O3/c1-13-11-16(14(2)24-13)19(22)21-8-4-17-18(21)3-7-20(17)12-15-5-9-23-10-6-15/h11,15,17-18H,3-10,12H2,1-2H3/t17-,18+/m0/s1. The molecule has 5 heteroatoms. The lowest BCUT2D eigenvalue weighted by Crippen LogP contribution is -2.41. The maximum absolute atomic E-state index is 13.0. The predicted molar refractivity (Wildman–Crippen MR) is 91.1 cm³/mol. The summed E-state index contributed by atoms with van der Waals surface area (Å²) in [6, 6.07) is 2.82. The number of carbonyl (C=O) groups is 1. The third-order valence-corrected chi connectivity index (χ3v) is 6.06. The summed E-state index contributed by atoms with van der Waals surface area (Å²) in [5.41, 5.74) is 0.746. The van der Waals surface area contributed by atoms with Gasteiger partial charge in [0.25, 0.3) is 5.91 Å². The van der Waals surface area contributed by atoms with Crippen molar-refractivity contribution >= 4 is 5.91 Å². The Morgan fingerprint density at radius 1 is 1.12 bits per heavy atom. The molecule has 3 saturated heterocycles.